The summed E-state index contributed by atoms with van der Waals surface area (Å²) in [4.78, 5) is 15.5. The zero-order chi connectivity index (χ0) is 14.5. The van der Waals surface area contributed by atoms with Gasteiger partial charge in [0.1, 0.15) is 6.04 Å². The van der Waals surface area contributed by atoms with Gasteiger partial charge in [-0.15, -0.1) is 0 Å². The largest absolute Gasteiger partial charge is 0.465 e. The maximum absolute atomic E-state index is 11.4. The predicted octanol–water partition coefficient (Wildman–Crippen LogP) is -0.402. The van der Waals surface area contributed by atoms with E-state index in [0.29, 0.717) is 38.7 Å². The monoisotopic (exact) mass is 274 g/mol. The summed E-state index contributed by atoms with van der Waals surface area (Å²) in [5.74, 6) is -0.0573. The van der Waals surface area contributed by atoms with Crippen LogP contribution in [0.1, 0.15) is 26.2 Å². The molecule has 0 aromatic heterocycles. The summed E-state index contributed by atoms with van der Waals surface area (Å²) >= 11 is 0. The first kappa shape index (κ1) is 17.7. The number of aliphatic imine (C=N–C) groups is 1. The predicted molar refractivity (Wildman–Crippen MR) is 74.8 cm³/mol. The quantitative estimate of drug-likeness (QED) is 0.216. The summed E-state index contributed by atoms with van der Waals surface area (Å²) in [7, 11) is 1.61. The lowest BCUT2D eigenvalue weighted by Crippen LogP contribution is -2.36. The molecule has 0 saturated heterocycles. The number of ether oxygens (including phenoxy) is 2. The molecule has 0 amide bonds. The highest BCUT2D eigenvalue weighted by Gasteiger charge is 2.13. The second kappa shape index (κ2) is 11.7. The maximum Gasteiger partial charge on any atom is 0.322 e. The number of unbranched alkanes of at least 4 members (excludes halogenated alkanes) is 1. The summed E-state index contributed by atoms with van der Waals surface area (Å²) in [5, 5.41) is 2.87. The lowest BCUT2D eigenvalue weighted by atomic mass is 10.2. The molecule has 1 unspecified atom stereocenters. The molecule has 7 heteroatoms. The fourth-order valence-electron chi connectivity index (χ4n) is 1.20. The molecule has 0 bridgehead atoms. The minimum atomic E-state index is -0.646. The molecule has 0 spiro atoms. The summed E-state index contributed by atoms with van der Waals surface area (Å²) in [6.45, 7) is 3.99. The topological polar surface area (TPSA) is 112 Å². The Labute approximate surface area is 114 Å². The van der Waals surface area contributed by atoms with Gasteiger partial charge in [0.2, 0.25) is 0 Å². The SMILES string of the molecule is CCCCOC(=O)C(N)CCN=C(N)NCCOC. The Hall–Kier alpha value is -1.34. The molecule has 1 atom stereocenters. The van der Waals surface area contributed by atoms with Crippen LogP contribution in [0, 0.1) is 0 Å². The number of carbonyl (C=O) groups excluding carboxylic acids is 1. The first-order chi connectivity index (χ1) is 9.11. The van der Waals surface area contributed by atoms with Gasteiger partial charge in [0, 0.05) is 20.2 Å². The maximum atomic E-state index is 11.4. The molecule has 19 heavy (non-hydrogen) atoms. The molecule has 0 heterocycles. The smallest absolute Gasteiger partial charge is 0.322 e. The highest BCUT2D eigenvalue weighted by atomic mass is 16.5. The van der Waals surface area contributed by atoms with Crippen LogP contribution in [0.3, 0.4) is 0 Å². The zero-order valence-electron chi connectivity index (χ0n) is 11.9. The van der Waals surface area contributed by atoms with Crippen molar-refractivity contribution in [1.29, 1.82) is 0 Å². The van der Waals surface area contributed by atoms with E-state index in [1.807, 2.05) is 6.92 Å². The summed E-state index contributed by atoms with van der Waals surface area (Å²) in [5.41, 5.74) is 11.3. The van der Waals surface area contributed by atoms with Crippen molar-refractivity contribution in [1.82, 2.24) is 5.32 Å². The molecule has 0 fully saturated rings. The van der Waals surface area contributed by atoms with Gasteiger partial charge in [0.25, 0.3) is 0 Å². The number of methoxy groups -OCH3 is 1. The highest BCUT2D eigenvalue weighted by Crippen LogP contribution is 1.95. The van der Waals surface area contributed by atoms with Crippen molar-refractivity contribution in [3.05, 3.63) is 0 Å². The number of guanidine groups is 1. The minimum Gasteiger partial charge on any atom is -0.465 e. The van der Waals surface area contributed by atoms with E-state index in [1.165, 1.54) is 0 Å². The van der Waals surface area contributed by atoms with Crippen LogP contribution in [0.25, 0.3) is 0 Å². The molecule has 112 valence electrons. The number of esters is 1. The van der Waals surface area contributed by atoms with Crippen molar-refractivity contribution in [3.63, 3.8) is 0 Å². The standard InChI is InChI=1S/C12H26N4O3/c1-3-4-8-19-11(17)10(13)5-6-15-12(14)16-7-9-18-2/h10H,3-9,13H2,1-2H3,(H3,14,15,16). The van der Waals surface area contributed by atoms with E-state index in [0.717, 1.165) is 12.8 Å². The number of nitrogens with zero attached hydrogens (tertiary/aromatic N) is 1. The highest BCUT2D eigenvalue weighted by molar-refractivity contribution is 5.78. The lowest BCUT2D eigenvalue weighted by Gasteiger charge is -2.10. The molecule has 0 aromatic carbocycles. The summed E-state index contributed by atoms with van der Waals surface area (Å²) in [6.07, 6.45) is 2.25. The van der Waals surface area contributed by atoms with Gasteiger partial charge in [0.05, 0.1) is 13.2 Å². The molecule has 0 radical (unpaired) electrons. The van der Waals surface area contributed by atoms with Gasteiger partial charge < -0.3 is 26.3 Å². The van der Waals surface area contributed by atoms with Crippen LogP contribution in [0.15, 0.2) is 4.99 Å². The van der Waals surface area contributed by atoms with Crippen LogP contribution in [0.2, 0.25) is 0 Å². The number of nitrogens with one attached hydrogen (secondary N) is 1. The number of hydrogen-bond donors (Lipinski definition) is 3. The third-order valence-electron chi connectivity index (χ3n) is 2.38. The normalized spacial score (nSPS) is 13.1. The minimum absolute atomic E-state index is 0.323. The fourth-order valence-corrected chi connectivity index (χ4v) is 1.20. The molecule has 0 rings (SSSR count). The van der Waals surface area contributed by atoms with Crippen LogP contribution in [-0.4, -0.2) is 51.4 Å². The van der Waals surface area contributed by atoms with Crippen molar-refractivity contribution in [2.75, 3.05) is 33.4 Å². The van der Waals surface area contributed by atoms with Gasteiger partial charge >= 0.3 is 5.97 Å². The summed E-state index contributed by atoms with van der Waals surface area (Å²) < 4.78 is 9.86. The van der Waals surface area contributed by atoms with E-state index >= 15 is 0 Å². The van der Waals surface area contributed by atoms with Gasteiger partial charge in [-0.3, -0.25) is 9.79 Å². The van der Waals surface area contributed by atoms with Gasteiger partial charge in [0.15, 0.2) is 5.96 Å². The van der Waals surface area contributed by atoms with Crippen molar-refractivity contribution in [2.24, 2.45) is 16.5 Å². The Kier molecular flexibility index (Phi) is 10.9. The molecule has 0 aliphatic rings. The van der Waals surface area contributed by atoms with Crippen LogP contribution in [0.5, 0.6) is 0 Å². The Morgan fingerprint density at radius 1 is 1.42 bits per heavy atom. The Bertz CT molecular complexity index is 272. The van der Waals surface area contributed by atoms with Crippen LogP contribution < -0.4 is 16.8 Å². The second-order valence-electron chi connectivity index (χ2n) is 4.10. The van der Waals surface area contributed by atoms with E-state index in [9.17, 15) is 4.79 Å². The Balaban J connectivity index is 3.73. The van der Waals surface area contributed by atoms with Gasteiger partial charge in [-0.05, 0) is 12.8 Å². The second-order valence-corrected chi connectivity index (χ2v) is 4.10. The molecule has 0 saturated carbocycles. The molecule has 5 N–H and O–H groups in total. The first-order valence-electron chi connectivity index (χ1n) is 6.56. The van der Waals surface area contributed by atoms with Crippen molar-refractivity contribution >= 4 is 11.9 Å². The van der Waals surface area contributed by atoms with Crippen LogP contribution in [0.4, 0.5) is 0 Å². The average molecular weight is 274 g/mol. The van der Waals surface area contributed by atoms with Gasteiger partial charge in [-0.1, -0.05) is 13.3 Å². The Morgan fingerprint density at radius 2 is 2.16 bits per heavy atom. The van der Waals surface area contributed by atoms with E-state index in [2.05, 4.69) is 10.3 Å². The van der Waals surface area contributed by atoms with Crippen LogP contribution in [-0.2, 0) is 14.3 Å². The molecule has 7 nitrogen and oxygen atoms in total. The fraction of sp³-hybridized carbons (Fsp3) is 0.833. The lowest BCUT2D eigenvalue weighted by molar-refractivity contribution is -0.145. The number of carbonyl (C=O) groups is 1. The van der Waals surface area contributed by atoms with E-state index < -0.39 is 6.04 Å². The molecule has 0 aliphatic carbocycles. The first-order valence-corrected chi connectivity index (χ1v) is 6.56. The third-order valence-corrected chi connectivity index (χ3v) is 2.38. The van der Waals surface area contributed by atoms with E-state index in [1.54, 1.807) is 7.11 Å². The summed E-state index contributed by atoms with van der Waals surface area (Å²) in [6, 6.07) is -0.646. The number of rotatable bonds is 10. The molecular weight excluding hydrogens is 248 g/mol. The zero-order valence-corrected chi connectivity index (χ0v) is 11.9. The van der Waals surface area contributed by atoms with Gasteiger partial charge in [-0.25, -0.2) is 0 Å². The van der Waals surface area contributed by atoms with Crippen molar-refractivity contribution in [2.45, 2.75) is 32.2 Å². The average Bonchev–Trinajstić information content (AvgIpc) is 2.39. The Morgan fingerprint density at radius 3 is 2.79 bits per heavy atom. The molecule has 0 aliphatic heterocycles. The molecule has 0 aromatic rings. The van der Waals surface area contributed by atoms with Crippen LogP contribution >= 0.6 is 0 Å². The number of hydrogen-bond acceptors (Lipinski definition) is 5. The van der Waals surface area contributed by atoms with E-state index in [4.69, 9.17) is 20.9 Å². The van der Waals surface area contributed by atoms with Gasteiger partial charge in [-0.2, -0.15) is 0 Å². The van der Waals surface area contributed by atoms with Crippen molar-refractivity contribution < 1.29 is 14.3 Å². The third kappa shape index (κ3) is 10.3. The molecular formula is C12H26N4O3. The van der Waals surface area contributed by atoms with Crippen molar-refractivity contribution in [3.8, 4) is 0 Å². The number of nitrogens with two attached hydrogens (primary N) is 2. The van der Waals surface area contributed by atoms with E-state index in [-0.39, 0.29) is 5.97 Å².